The summed E-state index contributed by atoms with van der Waals surface area (Å²) in [6.45, 7) is 0.372. The van der Waals surface area contributed by atoms with Gasteiger partial charge in [0.15, 0.2) is 5.17 Å². The molecule has 0 spiro atoms. The molecule has 3 aromatic rings. The van der Waals surface area contributed by atoms with E-state index in [2.05, 4.69) is 9.71 Å². The summed E-state index contributed by atoms with van der Waals surface area (Å²) >= 11 is 1.28. The molecule has 2 aliphatic rings. The lowest BCUT2D eigenvalue weighted by atomic mass is 10.0. The SMILES string of the molecule is O=C(Nc1ccccc1-c1ccccc1)c1ccc2c(c1)SC1=NS(=O)(=O)CCN12. The molecule has 3 aromatic carbocycles. The average molecular weight is 436 g/mol. The fourth-order valence-corrected chi connectivity index (χ4v) is 5.82. The van der Waals surface area contributed by atoms with E-state index in [-0.39, 0.29) is 11.7 Å². The quantitative estimate of drug-likeness (QED) is 0.667. The van der Waals surface area contributed by atoms with E-state index in [1.54, 1.807) is 12.1 Å². The van der Waals surface area contributed by atoms with Crippen LogP contribution >= 0.6 is 11.8 Å². The first-order chi connectivity index (χ1) is 14.5. The molecule has 150 valence electrons. The minimum absolute atomic E-state index is 0.00495. The lowest BCUT2D eigenvalue weighted by Gasteiger charge is -2.22. The van der Waals surface area contributed by atoms with Crippen LogP contribution in [0.25, 0.3) is 11.1 Å². The molecule has 1 amide bonds. The maximum Gasteiger partial charge on any atom is 0.257 e. The third-order valence-electron chi connectivity index (χ3n) is 5.00. The molecule has 6 nitrogen and oxygen atoms in total. The van der Waals surface area contributed by atoms with Crippen LogP contribution in [-0.4, -0.2) is 31.8 Å². The molecular weight excluding hydrogens is 418 g/mol. The summed E-state index contributed by atoms with van der Waals surface area (Å²) in [5.41, 5.74) is 4.09. The summed E-state index contributed by atoms with van der Waals surface area (Å²) in [7, 11) is -3.41. The Balaban J connectivity index is 1.43. The molecule has 0 saturated heterocycles. The molecule has 2 aliphatic heterocycles. The van der Waals surface area contributed by atoms with Gasteiger partial charge in [0.2, 0.25) is 0 Å². The highest BCUT2D eigenvalue weighted by atomic mass is 32.2. The molecule has 5 rings (SSSR count). The number of fused-ring (bicyclic) bond motifs is 3. The van der Waals surface area contributed by atoms with Crippen molar-refractivity contribution in [1.29, 1.82) is 0 Å². The van der Waals surface area contributed by atoms with E-state index in [4.69, 9.17) is 0 Å². The summed E-state index contributed by atoms with van der Waals surface area (Å²) in [6.07, 6.45) is 0. The minimum Gasteiger partial charge on any atom is -0.321 e. The second-order valence-corrected chi connectivity index (χ2v) is 9.73. The number of carbonyl (C=O) groups is 1. The van der Waals surface area contributed by atoms with Crippen LogP contribution in [0.2, 0.25) is 0 Å². The molecule has 0 unspecified atom stereocenters. The Kier molecular flexibility index (Phi) is 4.60. The summed E-state index contributed by atoms with van der Waals surface area (Å²) in [6, 6.07) is 22.9. The highest BCUT2D eigenvalue weighted by Gasteiger charge is 2.33. The third kappa shape index (κ3) is 3.48. The molecule has 1 N–H and O–H groups in total. The summed E-state index contributed by atoms with van der Waals surface area (Å²) < 4.78 is 27.4. The standard InChI is InChI=1S/C22H17N3O3S2/c26-21(23-18-9-5-4-8-17(18)15-6-2-1-3-7-15)16-10-11-19-20(14-16)29-22-24-30(27,28)13-12-25(19)22/h1-11,14H,12-13H2,(H,23,26). The van der Waals surface area contributed by atoms with Crippen molar-refractivity contribution in [2.75, 3.05) is 22.5 Å². The fraction of sp³-hybridized carbons (Fsp3) is 0.0909. The lowest BCUT2D eigenvalue weighted by molar-refractivity contribution is 0.102. The van der Waals surface area contributed by atoms with Crippen molar-refractivity contribution in [2.24, 2.45) is 4.40 Å². The van der Waals surface area contributed by atoms with E-state index in [0.717, 1.165) is 27.4 Å². The number of nitrogens with zero attached hydrogens (tertiary/aromatic N) is 2. The van der Waals surface area contributed by atoms with Crippen LogP contribution < -0.4 is 10.2 Å². The molecule has 0 aliphatic carbocycles. The van der Waals surface area contributed by atoms with Crippen LogP contribution in [0.4, 0.5) is 11.4 Å². The van der Waals surface area contributed by atoms with Crippen LogP contribution in [0.5, 0.6) is 0 Å². The number of rotatable bonds is 3. The lowest BCUT2D eigenvalue weighted by Crippen LogP contribution is -2.35. The van der Waals surface area contributed by atoms with Gasteiger partial charge in [0.1, 0.15) is 0 Å². The molecule has 8 heteroatoms. The predicted octanol–water partition coefficient (Wildman–Crippen LogP) is 4.22. The zero-order valence-corrected chi connectivity index (χ0v) is 17.4. The number of hydrogen-bond donors (Lipinski definition) is 1. The van der Waals surface area contributed by atoms with E-state index in [1.807, 2.05) is 65.6 Å². The zero-order valence-electron chi connectivity index (χ0n) is 15.8. The normalized spacial score (nSPS) is 16.4. The molecular formula is C22H17N3O3S2. The molecule has 0 atom stereocenters. The van der Waals surface area contributed by atoms with Gasteiger partial charge in [-0.2, -0.15) is 0 Å². The third-order valence-corrected chi connectivity index (χ3v) is 7.30. The van der Waals surface area contributed by atoms with Gasteiger partial charge in [0, 0.05) is 28.3 Å². The first kappa shape index (κ1) is 18.9. The summed E-state index contributed by atoms with van der Waals surface area (Å²) in [5, 5.41) is 3.45. The first-order valence-corrected chi connectivity index (χ1v) is 11.8. The van der Waals surface area contributed by atoms with E-state index in [0.29, 0.717) is 17.3 Å². The Hall–Kier alpha value is -3.10. The van der Waals surface area contributed by atoms with E-state index in [1.165, 1.54) is 11.8 Å². The van der Waals surface area contributed by atoms with Crippen molar-refractivity contribution in [2.45, 2.75) is 4.90 Å². The predicted molar refractivity (Wildman–Crippen MR) is 121 cm³/mol. The van der Waals surface area contributed by atoms with Crippen LogP contribution in [0.15, 0.2) is 82.1 Å². The Morgan fingerprint density at radius 1 is 1.00 bits per heavy atom. The highest BCUT2D eigenvalue weighted by Crippen LogP contribution is 2.42. The smallest absolute Gasteiger partial charge is 0.257 e. The molecule has 0 radical (unpaired) electrons. The monoisotopic (exact) mass is 435 g/mol. The van der Waals surface area contributed by atoms with Crippen molar-refractivity contribution in [1.82, 2.24) is 0 Å². The van der Waals surface area contributed by atoms with E-state index in [9.17, 15) is 13.2 Å². The number of para-hydroxylation sites is 1. The molecule has 30 heavy (non-hydrogen) atoms. The van der Waals surface area contributed by atoms with Gasteiger partial charge >= 0.3 is 0 Å². The Bertz CT molecular complexity index is 1290. The van der Waals surface area contributed by atoms with E-state index >= 15 is 0 Å². The van der Waals surface area contributed by atoms with Gasteiger partial charge < -0.3 is 10.2 Å². The summed E-state index contributed by atoms with van der Waals surface area (Å²) in [4.78, 5) is 15.7. The van der Waals surface area contributed by atoms with Crippen molar-refractivity contribution in [3.05, 3.63) is 78.4 Å². The van der Waals surface area contributed by atoms with Crippen LogP contribution in [-0.2, 0) is 10.0 Å². The first-order valence-electron chi connectivity index (χ1n) is 9.38. The molecule has 0 aromatic heterocycles. The topological polar surface area (TPSA) is 78.8 Å². The number of hydrogen-bond acceptors (Lipinski definition) is 5. The minimum atomic E-state index is -3.41. The Morgan fingerprint density at radius 3 is 2.60 bits per heavy atom. The fourth-order valence-electron chi connectivity index (χ4n) is 3.53. The van der Waals surface area contributed by atoms with Gasteiger partial charge in [-0.25, -0.2) is 8.42 Å². The number of sulfonamides is 1. The number of benzene rings is 3. The van der Waals surface area contributed by atoms with E-state index < -0.39 is 10.0 Å². The zero-order chi connectivity index (χ0) is 20.7. The van der Waals surface area contributed by atoms with Crippen molar-refractivity contribution >= 4 is 44.2 Å². The largest absolute Gasteiger partial charge is 0.321 e. The van der Waals surface area contributed by atoms with Gasteiger partial charge in [0.25, 0.3) is 15.9 Å². The molecule has 0 bridgehead atoms. The van der Waals surface area contributed by atoms with Gasteiger partial charge in [-0.05, 0) is 41.6 Å². The number of anilines is 2. The Labute approximate surface area is 178 Å². The number of amides is 1. The number of carbonyl (C=O) groups excluding carboxylic acids is 1. The van der Waals surface area contributed by atoms with Crippen LogP contribution in [0, 0.1) is 0 Å². The van der Waals surface area contributed by atoms with Crippen molar-refractivity contribution < 1.29 is 13.2 Å². The molecule has 0 saturated carbocycles. The van der Waals surface area contributed by atoms with Crippen LogP contribution in [0.1, 0.15) is 10.4 Å². The number of thioether (sulfide) groups is 1. The number of nitrogens with one attached hydrogen (secondary N) is 1. The maximum absolute atomic E-state index is 13.0. The van der Waals surface area contributed by atoms with Crippen molar-refractivity contribution in [3.8, 4) is 11.1 Å². The van der Waals surface area contributed by atoms with Gasteiger partial charge in [0.05, 0.1) is 11.4 Å². The Morgan fingerprint density at radius 2 is 1.77 bits per heavy atom. The second-order valence-electron chi connectivity index (χ2n) is 6.96. The van der Waals surface area contributed by atoms with Crippen molar-refractivity contribution in [3.63, 3.8) is 0 Å². The van der Waals surface area contributed by atoms with Gasteiger partial charge in [-0.1, -0.05) is 48.5 Å². The number of amidine groups is 1. The van der Waals surface area contributed by atoms with Crippen LogP contribution in [0.3, 0.4) is 0 Å². The molecule has 2 heterocycles. The highest BCUT2D eigenvalue weighted by molar-refractivity contribution is 8.15. The average Bonchev–Trinajstić information content (AvgIpc) is 3.10. The van der Waals surface area contributed by atoms with Gasteiger partial charge in [-0.15, -0.1) is 4.40 Å². The second kappa shape index (κ2) is 7.30. The molecule has 0 fully saturated rings. The maximum atomic E-state index is 13.0. The summed E-state index contributed by atoms with van der Waals surface area (Å²) in [5.74, 6) is -0.226. The van der Waals surface area contributed by atoms with Gasteiger partial charge in [-0.3, -0.25) is 4.79 Å².